The highest BCUT2D eigenvalue weighted by molar-refractivity contribution is 6.33. The summed E-state index contributed by atoms with van der Waals surface area (Å²) in [4.78, 5) is 10.6. The van der Waals surface area contributed by atoms with E-state index in [-0.39, 0.29) is 0 Å². The number of halogens is 1. The summed E-state index contributed by atoms with van der Waals surface area (Å²) < 4.78 is 1.90. The van der Waals surface area contributed by atoms with E-state index in [1.165, 1.54) is 5.56 Å². The standard InChI is InChI=1S/C14H14ClNO2/c1-3-9-5-4-6-10-11(7-8-12(17)18)14(15)16(2)13(9)10/h4-8H,3H2,1-2H3,(H,17,18)/b8-7+. The van der Waals surface area contributed by atoms with E-state index >= 15 is 0 Å². The number of fused-ring (bicyclic) bond motifs is 1. The van der Waals surface area contributed by atoms with Gasteiger partial charge in [-0.1, -0.05) is 36.7 Å². The lowest BCUT2D eigenvalue weighted by Gasteiger charge is -2.03. The summed E-state index contributed by atoms with van der Waals surface area (Å²) in [6.07, 6.45) is 3.57. The van der Waals surface area contributed by atoms with Crippen LogP contribution in [0.3, 0.4) is 0 Å². The predicted octanol–water partition coefficient (Wildman–Crippen LogP) is 3.49. The molecule has 0 fully saturated rings. The van der Waals surface area contributed by atoms with E-state index in [1.54, 1.807) is 6.08 Å². The molecule has 4 heteroatoms. The van der Waals surface area contributed by atoms with Gasteiger partial charge in [-0.05, 0) is 18.1 Å². The van der Waals surface area contributed by atoms with Crippen LogP contribution >= 0.6 is 11.6 Å². The minimum absolute atomic E-state index is 0.559. The molecule has 1 heterocycles. The minimum atomic E-state index is -0.977. The number of carboxylic acid groups (broad SMARTS) is 1. The highest BCUT2D eigenvalue weighted by atomic mass is 35.5. The van der Waals surface area contributed by atoms with E-state index in [4.69, 9.17) is 16.7 Å². The molecule has 1 N–H and O–H groups in total. The molecule has 94 valence electrons. The second-order valence-corrected chi connectivity index (χ2v) is 4.46. The first-order valence-electron chi connectivity index (χ1n) is 5.73. The number of hydrogen-bond donors (Lipinski definition) is 1. The van der Waals surface area contributed by atoms with Gasteiger partial charge in [0.25, 0.3) is 0 Å². The number of hydrogen-bond acceptors (Lipinski definition) is 1. The van der Waals surface area contributed by atoms with Gasteiger partial charge in [-0.15, -0.1) is 0 Å². The van der Waals surface area contributed by atoms with Crippen LogP contribution in [0.2, 0.25) is 5.15 Å². The Bertz CT molecular complexity index is 641. The molecule has 0 saturated carbocycles. The van der Waals surface area contributed by atoms with Gasteiger partial charge in [0, 0.05) is 24.1 Å². The van der Waals surface area contributed by atoms with Crippen molar-refractivity contribution in [2.24, 2.45) is 7.05 Å². The first kappa shape index (κ1) is 12.7. The van der Waals surface area contributed by atoms with Crippen molar-refractivity contribution in [2.75, 3.05) is 0 Å². The maximum Gasteiger partial charge on any atom is 0.328 e. The molecule has 18 heavy (non-hydrogen) atoms. The Hall–Kier alpha value is -1.74. The van der Waals surface area contributed by atoms with Crippen molar-refractivity contribution in [3.63, 3.8) is 0 Å². The van der Waals surface area contributed by atoms with E-state index in [2.05, 4.69) is 13.0 Å². The molecule has 0 atom stereocenters. The number of para-hydroxylation sites is 1. The summed E-state index contributed by atoms with van der Waals surface area (Å²) in [5, 5.41) is 10.3. The van der Waals surface area contributed by atoms with Gasteiger partial charge in [-0.25, -0.2) is 4.79 Å². The van der Waals surface area contributed by atoms with Crippen molar-refractivity contribution in [1.29, 1.82) is 0 Å². The molecule has 0 saturated heterocycles. The Labute approximate surface area is 110 Å². The number of aromatic nitrogens is 1. The number of nitrogens with zero attached hydrogens (tertiary/aromatic N) is 1. The summed E-state index contributed by atoms with van der Waals surface area (Å²) in [5.74, 6) is -0.977. The number of benzene rings is 1. The lowest BCUT2D eigenvalue weighted by atomic mass is 10.1. The largest absolute Gasteiger partial charge is 0.478 e. The maximum atomic E-state index is 10.6. The highest BCUT2D eigenvalue weighted by Gasteiger charge is 2.13. The summed E-state index contributed by atoms with van der Waals surface area (Å²) in [7, 11) is 1.89. The van der Waals surface area contributed by atoms with Crippen molar-refractivity contribution in [3.8, 4) is 0 Å². The zero-order valence-corrected chi connectivity index (χ0v) is 11.0. The van der Waals surface area contributed by atoms with Crippen molar-refractivity contribution < 1.29 is 9.90 Å². The summed E-state index contributed by atoms with van der Waals surface area (Å²) in [5.41, 5.74) is 3.02. The number of rotatable bonds is 3. The summed E-state index contributed by atoms with van der Waals surface area (Å²) in [6, 6.07) is 5.99. The predicted molar refractivity (Wildman–Crippen MR) is 74.0 cm³/mol. The molecule has 0 bridgehead atoms. The molecule has 0 amide bonds. The first-order chi connectivity index (χ1) is 8.56. The Morgan fingerprint density at radius 2 is 2.22 bits per heavy atom. The van der Waals surface area contributed by atoms with Gasteiger partial charge in [0.15, 0.2) is 0 Å². The molecular formula is C14H14ClNO2. The topological polar surface area (TPSA) is 42.2 Å². The van der Waals surface area contributed by atoms with E-state index in [1.807, 2.05) is 23.7 Å². The van der Waals surface area contributed by atoms with Gasteiger partial charge >= 0.3 is 5.97 Å². The fourth-order valence-electron chi connectivity index (χ4n) is 2.19. The fraction of sp³-hybridized carbons (Fsp3) is 0.214. The van der Waals surface area contributed by atoms with Crippen molar-refractivity contribution in [1.82, 2.24) is 4.57 Å². The maximum absolute atomic E-state index is 10.6. The van der Waals surface area contributed by atoms with Crippen LogP contribution in [0.5, 0.6) is 0 Å². The average molecular weight is 264 g/mol. The third kappa shape index (κ3) is 2.02. The summed E-state index contributed by atoms with van der Waals surface area (Å²) >= 11 is 6.27. The van der Waals surface area contributed by atoms with Gasteiger partial charge in [-0.3, -0.25) is 0 Å². The number of aliphatic carboxylic acids is 1. The number of carboxylic acids is 1. The van der Waals surface area contributed by atoms with Crippen LogP contribution in [-0.4, -0.2) is 15.6 Å². The van der Waals surface area contributed by atoms with Crippen LogP contribution in [-0.2, 0) is 18.3 Å². The fourth-order valence-corrected chi connectivity index (χ4v) is 2.44. The average Bonchev–Trinajstić information content (AvgIpc) is 2.60. The number of carbonyl (C=O) groups is 1. The third-order valence-electron chi connectivity index (χ3n) is 3.04. The SMILES string of the molecule is CCc1cccc2c(/C=C/C(=O)O)c(Cl)n(C)c12. The lowest BCUT2D eigenvalue weighted by molar-refractivity contribution is -0.131. The molecule has 0 unspecified atom stereocenters. The Kier molecular flexibility index (Phi) is 3.43. The molecule has 2 rings (SSSR count). The first-order valence-corrected chi connectivity index (χ1v) is 6.10. The van der Waals surface area contributed by atoms with Crippen molar-refractivity contribution in [2.45, 2.75) is 13.3 Å². The van der Waals surface area contributed by atoms with Crippen LogP contribution < -0.4 is 0 Å². The molecule has 0 aliphatic carbocycles. The van der Waals surface area contributed by atoms with Crippen LogP contribution in [0.4, 0.5) is 0 Å². The van der Waals surface area contributed by atoms with E-state index in [0.29, 0.717) is 5.15 Å². The van der Waals surface area contributed by atoms with Crippen molar-refractivity contribution in [3.05, 3.63) is 40.6 Å². The van der Waals surface area contributed by atoms with Crippen LogP contribution in [0, 0.1) is 0 Å². The minimum Gasteiger partial charge on any atom is -0.478 e. The normalized spacial score (nSPS) is 11.5. The van der Waals surface area contributed by atoms with Gasteiger partial charge < -0.3 is 9.67 Å². The molecule has 2 aromatic rings. The van der Waals surface area contributed by atoms with Gasteiger partial charge in [-0.2, -0.15) is 0 Å². The molecule has 1 aromatic heterocycles. The zero-order valence-electron chi connectivity index (χ0n) is 10.3. The Morgan fingerprint density at radius 1 is 1.50 bits per heavy atom. The number of aryl methyl sites for hydroxylation is 2. The van der Waals surface area contributed by atoms with Crippen LogP contribution in [0.1, 0.15) is 18.1 Å². The quantitative estimate of drug-likeness (QED) is 0.862. The lowest BCUT2D eigenvalue weighted by Crippen LogP contribution is -1.91. The Balaban J connectivity index is 2.75. The summed E-state index contributed by atoms with van der Waals surface area (Å²) in [6.45, 7) is 2.09. The van der Waals surface area contributed by atoms with Crippen LogP contribution in [0.15, 0.2) is 24.3 Å². The molecule has 0 spiro atoms. The van der Waals surface area contributed by atoms with Gasteiger partial charge in [0.2, 0.25) is 0 Å². The van der Waals surface area contributed by atoms with Crippen molar-refractivity contribution >= 4 is 34.5 Å². The monoisotopic (exact) mass is 263 g/mol. The molecule has 3 nitrogen and oxygen atoms in total. The Morgan fingerprint density at radius 3 is 2.83 bits per heavy atom. The molecular weight excluding hydrogens is 250 g/mol. The smallest absolute Gasteiger partial charge is 0.328 e. The van der Waals surface area contributed by atoms with E-state index < -0.39 is 5.97 Å². The molecule has 1 aromatic carbocycles. The second-order valence-electron chi connectivity index (χ2n) is 4.10. The van der Waals surface area contributed by atoms with Gasteiger partial charge in [0.1, 0.15) is 5.15 Å². The third-order valence-corrected chi connectivity index (χ3v) is 3.49. The molecule has 0 aliphatic heterocycles. The highest BCUT2D eigenvalue weighted by Crippen LogP contribution is 2.32. The van der Waals surface area contributed by atoms with E-state index in [9.17, 15) is 4.79 Å². The van der Waals surface area contributed by atoms with Crippen LogP contribution in [0.25, 0.3) is 17.0 Å². The zero-order chi connectivity index (χ0) is 13.3. The van der Waals surface area contributed by atoms with Gasteiger partial charge in [0.05, 0.1) is 5.52 Å². The van der Waals surface area contributed by atoms with E-state index in [0.717, 1.165) is 29.0 Å². The molecule has 0 radical (unpaired) electrons. The molecule has 0 aliphatic rings. The second kappa shape index (κ2) is 4.86.